The molecule has 0 aliphatic carbocycles. The molecule has 2 atom stereocenters. The molecule has 2 fully saturated rings. The molecule has 0 aromatic rings. The third kappa shape index (κ3) is 3.68. The Labute approximate surface area is 104 Å². The predicted molar refractivity (Wildman–Crippen MR) is 68.8 cm³/mol. The molecule has 2 aliphatic heterocycles. The van der Waals surface area contributed by atoms with Gasteiger partial charge in [0.1, 0.15) is 0 Å². The fourth-order valence-electron chi connectivity index (χ4n) is 2.81. The molecule has 0 bridgehead atoms. The summed E-state index contributed by atoms with van der Waals surface area (Å²) in [7, 11) is 0. The number of nitrogens with one attached hydrogen (secondary N) is 2. The van der Waals surface area contributed by atoms with Crippen molar-refractivity contribution in [2.24, 2.45) is 11.8 Å². The number of nitrogens with zero attached hydrogens (tertiary/aromatic N) is 1. The van der Waals surface area contributed by atoms with Crippen LogP contribution in [0.4, 0.5) is 0 Å². The lowest BCUT2D eigenvalue weighted by molar-refractivity contribution is -0.125. The Morgan fingerprint density at radius 2 is 2.12 bits per heavy atom. The van der Waals surface area contributed by atoms with Crippen molar-refractivity contribution in [1.29, 1.82) is 0 Å². The molecular formula is C13H25N3O. The predicted octanol–water partition coefficient (Wildman–Crippen LogP) is 0.444. The molecule has 0 aromatic heterocycles. The monoisotopic (exact) mass is 239 g/mol. The minimum Gasteiger partial charge on any atom is -0.356 e. The second kappa shape index (κ2) is 6.36. The van der Waals surface area contributed by atoms with Crippen molar-refractivity contribution in [3.63, 3.8) is 0 Å². The van der Waals surface area contributed by atoms with Crippen LogP contribution in [0.2, 0.25) is 0 Å². The molecular weight excluding hydrogens is 214 g/mol. The zero-order valence-corrected chi connectivity index (χ0v) is 10.9. The molecule has 0 unspecified atom stereocenters. The van der Waals surface area contributed by atoms with Gasteiger partial charge in [0.2, 0.25) is 5.91 Å². The van der Waals surface area contributed by atoms with Crippen LogP contribution >= 0.6 is 0 Å². The van der Waals surface area contributed by atoms with Crippen LogP contribution in [-0.4, -0.2) is 50.1 Å². The van der Waals surface area contributed by atoms with E-state index >= 15 is 0 Å². The van der Waals surface area contributed by atoms with Crippen LogP contribution < -0.4 is 10.6 Å². The molecule has 0 saturated carbocycles. The van der Waals surface area contributed by atoms with Gasteiger partial charge >= 0.3 is 0 Å². The van der Waals surface area contributed by atoms with Crippen LogP contribution in [0.5, 0.6) is 0 Å². The topological polar surface area (TPSA) is 44.4 Å². The van der Waals surface area contributed by atoms with E-state index in [1.165, 1.54) is 25.9 Å². The van der Waals surface area contributed by atoms with Gasteiger partial charge in [-0.05, 0) is 51.4 Å². The lowest BCUT2D eigenvalue weighted by Crippen LogP contribution is -2.36. The van der Waals surface area contributed by atoms with Crippen LogP contribution in [0.1, 0.15) is 26.2 Å². The summed E-state index contributed by atoms with van der Waals surface area (Å²) in [4.78, 5) is 14.4. The molecule has 0 spiro atoms. The van der Waals surface area contributed by atoms with Crippen LogP contribution in [0.3, 0.4) is 0 Å². The molecule has 4 nitrogen and oxygen atoms in total. The highest BCUT2D eigenvalue weighted by atomic mass is 16.1. The number of hydrogen-bond donors (Lipinski definition) is 2. The summed E-state index contributed by atoms with van der Waals surface area (Å²) in [5.41, 5.74) is 0. The van der Waals surface area contributed by atoms with Crippen molar-refractivity contribution in [3.05, 3.63) is 0 Å². The van der Waals surface area contributed by atoms with E-state index in [-0.39, 0.29) is 11.8 Å². The molecule has 2 N–H and O–H groups in total. The second-order valence-electron chi connectivity index (χ2n) is 5.44. The van der Waals surface area contributed by atoms with Gasteiger partial charge < -0.3 is 15.5 Å². The van der Waals surface area contributed by atoms with Gasteiger partial charge in [-0.2, -0.15) is 0 Å². The SMILES string of the molecule is C[C@@H]1CNC[C@H]1C(=O)NCCCN1CCCC1. The molecule has 0 aromatic carbocycles. The average Bonchev–Trinajstić information content (AvgIpc) is 2.95. The molecule has 2 saturated heterocycles. The van der Waals surface area contributed by atoms with Gasteiger partial charge in [0.15, 0.2) is 0 Å². The van der Waals surface area contributed by atoms with Gasteiger partial charge in [-0.25, -0.2) is 0 Å². The minimum absolute atomic E-state index is 0.182. The van der Waals surface area contributed by atoms with Crippen molar-refractivity contribution in [1.82, 2.24) is 15.5 Å². The summed E-state index contributed by atoms with van der Waals surface area (Å²) >= 11 is 0. The van der Waals surface area contributed by atoms with Crippen molar-refractivity contribution < 1.29 is 4.79 Å². The van der Waals surface area contributed by atoms with Gasteiger partial charge in [-0.3, -0.25) is 4.79 Å². The number of carbonyl (C=O) groups excluding carboxylic acids is 1. The van der Waals surface area contributed by atoms with Crippen molar-refractivity contribution in [2.75, 3.05) is 39.3 Å². The maximum absolute atomic E-state index is 11.9. The Morgan fingerprint density at radius 3 is 2.76 bits per heavy atom. The first-order chi connectivity index (χ1) is 8.27. The lowest BCUT2D eigenvalue weighted by Gasteiger charge is -2.16. The van der Waals surface area contributed by atoms with Gasteiger partial charge in [0, 0.05) is 13.1 Å². The number of hydrogen-bond acceptors (Lipinski definition) is 3. The van der Waals surface area contributed by atoms with Crippen LogP contribution in [0.15, 0.2) is 0 Å². The summed E-state index contributed by atoms with van der Waals surface area (Å²) < 4.78 is 0. The standard InChI is InChI=1S/C13H25N3O/c1-11-9-14-10-12(11)13(17)15-5-4-8-16-6-2-3-7-16/h11-12,14H,2-10H2,1H3,(H,15,17)/t11-,12-/m1/s1. The first kappa shape index (κ1) is 12.8. The van der Waals surface area contributed by atoms with E-state index in [4.69, 9.17) is 0 Å². The molecule has 2 rings (SSSR count). The maximum Gasteiger partial charge on any atom is 0.224 e. The van der Waals surface area contributed by atoms with Gasteiger partial charge in [-0.15, -0.1) is 0 Å². The number of likely N-dealkylation sites (tertiary alicyclic amines) is 1. The maximum atomic E-state index is 11.9. The van der Waals surface area contributed by atoms with Crippen LogP contribution in [-0.2, 0) is 4.79 Å². The number of carbonyl (C=O) groups is 1. The van der Waals surface area contributed by atoms with E-state index in [1.807, 2.05) is 0 Å². The van der Waals surface area contributed by atoms with Gasteiger partial charge in [0.05, 0.1) is 5.92 Å². The fourth-order valence-corrected chi connectivity index (χ4v) is 2.81. The Bertz CT molecular complexity index is 251. The normalized spacial score (nSPS) is 29.7. The van der Waals surface area contributed by atoms with E-state index in [1.54, 1.807) is 0 Å². The van der Waals surface area contributed by atoms with Gasteiger partial charge in [0.25, 0.3) is 0 Å². The van der Waals surface area contributed by atoms with Crippen LogP contribution in [0.25, 0.3) is 0 Å². The number of rotatable bonds is 5. The van der Waals surface area contributed by atoms with E-state index in [2.05, 4.69) is 22.5 Å². The number of amides is 1. The minimum atomic E-state index is 0.182. The van der Waals surface area contributed by atoms with Gasteiger partial charge in [-0.1, -0.05) is 6.92 Å². The zero-order valence-electron chi connectivity index (χ0n) is 10.9. The van der Waals surface area contributed by atoms with Crippen molar-refractivity contribution >= 4 is 5.91 Å². The Hall–Kier alpha value is -0.610. The average molecular weight is 239 g/mol. The highest BCUT2D eigenvalue weighted by Gasteiger charge is 2.29. The molecule has 1 amide bonds. The summed E-state index contributed by atoms with van der Waals surface area (Å²) in [5, 5.41) is 6.34. The van der Waals surface area contributed by atoms with E-state index in [9.17, 15) is 4.79 Å². The third-order valence-corrected chi connectivity index (χ3v) is 4.00. The molecule has 2 heterocycles. The van der Waals surface area contributed by atoms with E-state index in [0.717, 1.165) is 32.6 Å². The quantitative estimate of drug-likeness (QED) is 0.685. The molecule has 17 heavy (non-hydrogen) atoms. The summed E-state index contributed by atoms with van der Waals surface area (Å²) in [6, 6.07) is 0. The Morgan fingerprint density at radius 1 is 1.35 bits per heavy atom. The highest BCUT2D eigenvalue weighted by molar-refractivity contribution is 5.79. The first-order valence-electron chi connectivity index (χ1n) is 6.98. The fraction of sp³-hybridized carbons (Fsp3) is 0.923. The largest absolute Gasteiger partial charge is 0.356 e. The van der Waals surface area contributed by atoms with Crippen LogP contribution in [0, 0.1) is 11.8 Å². The molecule has 0 radical (unpaired) electrons. The Kier molecular flexibility index (Phi) is 4.80. The zero-order chi connectivity index (χ0) is 12.1. The lowest BCUT2D eigenvalue weighted by atomic mass is 9.97. The molecule has 98 valence electrons. The molecule has 4 heteroatoms. The van der Waals surface area contributed by atoms with E-state index < -0.39 is 0 Å². The van der Waals surface area contributed by atoms with E-state index in [0.29, 0.717) is 5.92 Å². The summed E-state index contributed by atoms with van der Waals surface area (Å²) in [6.07, 6.45) is 3.77. The third-order valence-electron chi connectivity index (χ3n) is 4.00. The molecule has 2 aliphatic rings. The van der Waals surface area contributed by atoms with Crippen molar-refractivity contribution in [2.45, 2.75) is 26.2 Å². The first-order valence-corrected chi connectivity index (χ1v) is 6.98. The smallest absolute Gasteiger partial charge is 0.224 e. The second-order valence-corrected chi connectivity index (χ2v) is 5.44. The summed E-state index contributed by atoms with van der Waals surface area (Å²) in [6.45, 7) is 8.44. The highest BCUT2D eigenvalue weighted by Crippen LogP contribution is 2.15. The van der Waals surface area contributed by atoms with Crippen molar-refractivity contribution in [3.8, 4) is 0 Å². The Balaban J connectivity index is 1.56. The summed E-state index contributed by atoms with van der Waals surface area (Å²) in [5.74, 6) is 0.902.